The van der Waals surface area contributed by atoms with Crippen LogP contribution in [0.1, 0.15) is 77.4 Å². The minimum atomic E-state index is -0.527. The van der Waals surface area contributed by atoms with Crippen molar-refractivity contribution in [3.05, 3.63) is 84.3 Å². The van der Waals surface area contributed by atoms with Crippen LogP contribution in [0, 0.1) is 0 Å². The summed E-state index contributed by atoms with van der Waals surface area (Å²) >= 11 is 0. The van der Waals surface area contributed by atoms with Crippen LogP contribution in [-0.2, 0) is 10.2 Å². The predicted octanol–water partition coefficient (Wildman–Crippen LogP) is 8.31. The number of aromatic nitrogens is 2. The maximum atomic E-state index is 12.8. The lowest BCUT2D eigenvalue weighted by molar-refractivity contribution is 0.0218. The molecule has 1 aliphatic rings. The maximum Gasteiger partial charge on any atom is 0.410 e. The second-order valence-corrected chi connectivity index (χ2v) is 11.7. The van der Waals surface area contributed by atoms with Crippen LogP contribution in [0.5, 0.6) is 0 Å². The summed E-state index contributed by atoms with van der Waals surface area (Å²) in [6.45, 7) is 16.9. The molecule has 1 aliphatic heterocycles. The summed E-state index contributed by atoms with van der Waals surface area (Å²) in [7, 11) is 0. The zero-order valence-electron chi connectivity index (χ0n) is 23.0. The van der Waals surface area contributed by atoms with Crippen molar-refractivity contribution < 1.29 is 9.53 Å². The number of benzene rings is 2. The Bertz CT molecular complexity index is 1300. The highest BCUT2D eigenvalue weighted by Crippen LogP contribution is 2.35. The molecule has 2 heterocycles. The van der Waals surface area contributed by atoms with Crippen molar-refractivity contribution in [3.8, 4) is 22.4 Å². The summed E-state index contributed by atoms with van der Waals surface area (Å²) < 4.78 is 5.64. The van der Waals surface area contributed by atoms with E-state index in [1.165, 1.54) is 11.1 Å². The van der Waals surface area contributed by atoms with E-state index in [9.17, 15) is 4.79 Å². The van der Waals surface area contributed by atoms with Crippen LogP contribution in [0.25, 0.3) is 28.5 Å². The van der Waals surface area contributed by atoms with Crippen LogP contribution in [0.15, 0.2) is 67.4 Å². The van der Waals surface area contributed by atoms with Gasteiger partial charge in [0.1, 0.15) is 11.4 Å². The highest BCUT2D eigenvalue weighted by molar-refractivity contribution is 5.80. The molecule has 1 atom stereocenters. The average Bonchev–Trinajstić information content (AvgIpc) is 3.51. The number of carbonyl (C=O) groups excluding carboxylic acids is 1. The Balaban J connectivity index is 1.68. The molecule has 0 unspecified atom stereocenters. The molecule has 1 saturated heterocycles. The number of aromatic amines is 1. The van der Waals surface area contributed by atoms with Crippen molar-refractivity contribution in [3.63, 3.8) is 0 Å². The van der Waals surface area contributed by atoms with E-state index in [0.717, 1.165) is 41.1 Å². The Morgan fingerprint density at radius 3 is 2.59 bits per heavy atom. The largest absolute Gasteiger partial charge is 0.444 e. The van der Waals surface area contributed by atoms with Crippen LogP contribution in [0.3, 0.4) is 0 Å². The standard InChI is InChI=1S/C32H39N3O2/c1-8-9-12-22-16-17-24(20-26(22)23-13-10-14-25(19-23)31(2,3)4)27-21-33-29(34-27)28-15-11-18-35(28)30(36)37-32(5,6)7/h8-10,12-14,16-17,19-21,28H,1,11,15,18H2,2-7H3,(H,33,34)/t28-/m0/s1. The normalized spacial score (nSPS) is 16.4. The Kier molecular flexibility index (Phi) is 7.44. The number of imidazole rings is 1. The molecule has 0 bridgehead atoms. The Morgan fingerprint density at radius 1 is 1.11 bits per heavy atom. The van der Waals surface area contributed by atoms with Gasteiger partial charge in [-0.15, -0.1) is 0 Å². The molecule has 0 aliphatic carbocycles. The fourth-order valence-corrected chi connectivity index (χ4v) is 4.69. The summed E-state index contributed by atoms with van der Waals surface area (Å²) in [6, 6.07) is 15.1. The number of carbonyl (C=O) groups is 1. The molecule has 194 valence electrons. The number of nitrogens with one attached hydrogen (secondary N) is 1. The Hall–Kier alpha value is -3.60. The first kappa shape index (κ1) is 26.5. The fourth-order valence-electron chi connectivity index (χ4n) is 4.69. The van der Waals surface area contributed by atoms with Crippen molar-refractivity contribution >= 4 is 12.2 Å². The molecule has 5 heteroatoms. The van der Waals surface area contributed by atoms with E-state index in [-0.39, 0.29) is 17.6 Å². The highest BCUT2D eigenvalue weighted by Gasteiger charge is 2.34. The van der Waals surface area contributed by atoms with Gasteiger partial charge in [-0.25, -0.2) is 9.78 Å². The molecule has 37 heavy (non-hydrogen) atoms. The van der Waals surface area contributed by atoms with Crippen molar-refractivity contribution in [2.75, 3.05) is 6.54 Å². The number of H-pyrrole nitrogens is 1. The lowest BCUT2D eigenvalue weighted by atomic mass is 9.84. The summed E-state index contributed by atoms with van der Waals surface area (Å²) in [5.41, 5.74) is 6.25. The number of allylic oxidation sites excluding steroid dienone is 2. The molecule has 0 saturated carbocycles. The smallest absolute Gasteiger partial charge is 0.410 e. The molecule has 0 spiro atoms. The van der Waals surface area contributed by atoms with E-state index < -0.39 is 5.60 Å². The van der Waals surface area contributed by atoms with E-state index in [2.05, 4.69) is 80.9 Å². The van der Waals surface area contributed by atoms with E-state index >= 15 is 0 Å². The summed E-state index contributed by atoms with van der Waals surface area (Å²) in [6.07, 6.45) is 9.22. The van der Waals surface area contributed by atoms with Crippen LogP contribution >= 0.6 is 0 Å². The monoisotopic (exact) mass is 497 g/mol. The van der Waals surface area contributed by atoms with Crippen molar-refractivity contribution in [1.82, 2.24) is 14.9 Å². The van der Waals surface area contributed by atoms with Gasteiger partial charge in [0.15, 0.2) is 0 Å². The van der Waals surface area contributed by atoms with Gasteiger partial charge < -0.3 is 9.72 Å². The van der Waals surface area contributed by atoms with E-state index in [0.29, 0.717) is 6.54 Å². The third-order valence-corrected chi connectivity index (χ3v) is 6.61. The third kappa shape index (κ3) is 6.22. The molecule has 4 rings (SSSR count). The number of ether oxygens (including phenoxy) is 1. The summed E-state index contributed by atoms with van der Waals surface area (Å²) in [5.74, 6) is 0.797. The molecular weight excluding hydrogens is 458 g/mol. The van der Waals surface area contributed by atoms with Gasteiger partial charge in [-0.2, -0.15) is 0 Å². The van der Waals surface area contributed by atoms with Crippen molar-refractivity contribution in [2.45, 2.75) is 71.4 Å². The van der Waals surface area contributed by atoms with Crippen molar-refractivity contribution in [1.29, 1.82) is 0 Å². The number of hydrogen-bond donors (Lipinski definition) is 1. The first-order valence-electron chi connectivity index (χ1n) is 13.1. The SMILES string of the molecule is C=CC=Cc1ccc(-c2cnc([C@@H]3CCCN3C(=O)OC(C)(C)C)[nH]2)cc1-c1cccc(C(C)(C)C)c1. The molecule has 0 radical (unpaired) electrons. The van der Waals surface area contributed by atoms with Gasteiger partial charge >= 0.3 is 6.09 Å². The number of amides is 1. The van der Waals surface area contributed by atoms with Gasteiger partial charge in [0.2, 0.25) is 0 Å². The second-order valence-electron chi connectivity index (χ2n) is 11.7. The lowest BCUT2D eigenvalue weighted by Gasteiger charge is -2.27. The van der Waals surface area contributed by atoms with Gasteiger partial charge in [0, 0.05) is 12.1 Å². The van der Waals surface area contributed by atoms with E-state index in [1.807, 2.05) is 33.0 Å². The van der Waals surface area contributed by atoms with Crippen LogP contribution in [0.4, 0.5) is 4.79 Å². The molecule has 1 fully saturated rings. The second kappa shape index (κ2) is 10.4. The van der Waals surface area contributed by atoms with Crippen LogP contribution in [0.2, 0.25) is 0 Å². The van der Waals surface area contributed by atoms with Crippen molar-refractivity contribution in [2.24, 2.45) is 0 Å². The lowest BCUT2D eigenvalue weighted by Crippen LogP contribution is -2.36. The first-order chi connectivity index (χ1) is 17.5. The van der Waals surface area contributed by atoms with E-state index in [1.54, 1.807) is 11.0 Å². The third-order valence-electron chi connectivity index (χ3n) is 6.61. The molecule has 2 aromatic carbocycles. The number of nitrogens with zero attached hydrogens (tertiary/aromatic N) is 2. The Labute approximate surface area is 221 Å². The van der Waals surface area contributed by atoms with Gasteiger partial charge in [-0.1, -0.05) is 82.0 Å². The van der Waals surface area contributed by atoms with Crippen LogP contribution in [-0.4, -0.2) is 33.1 Å². The molecule has 3 aromatic rings. The predicted molar refractivity (Wildman–Crippen MR) is 152 cm³/mol. The van der Waals surface area contributed by atoms with Gasteiger partial charge in [-0.05, 0) is 67.3 Å². The summed E-state index contributed by atoms with van der Waals surface area (Å²) in [5, 5.41) is 0. The first-order valence-corrected chi connectivity index (χ1v) is 13.1. The van der Waals surface area contributed by atoms with E-state index in [4.69, 9.17) is 9.72 Å². The minimum Gasteiger partial charge on any atom is -0.444 e. The maximum absolute atomic E-state index is 12.8. The number of hydrogen-bond acceptors (Lipinski definition) is 3. The van der Waals surface area contributed by atoms with Gasteiger partial charge in [-0.3, -0.25) is 4.90 Å². The Morgan fingerprint density at radius 2 is 1.89 bits per heavy atom. The molecule has 5 nitrogen and oxygen atoms in total. The van der Waals surface area contributed by atoms with Gasteiger partial charge in [0.25, 0.3) is 0 Å². The topological polar surface area (TPSA) is 58.2 Å². The minimum absolute atomic E-state index is 0.0598. The van der Waals surface area contributed by atoms with Gasteiger partial charge in [0.05, 0.1) is 17.9 Å². The number of likely N-dealkylation sites (tertiary alicyclic amines) is 1. The number of rotatable bonds is 5. The van der Waals surface area contributed by atoms with Crippen LogP contribution < -0.4 is 0 Å². The zero-order valence-corrected chi connectivity index (χ0v) is 23.0. The zero-order chi connectivity index (χ0) is 26.8. The molecule has 1 aromatic heterocycles. The highest BCUT2D eigenvalue weighted by atomic mass is 16.6. The summed E-state index contributed by atoms with van der Waals surface area (Å²) in [4.78, 5) is 22.8. The average molecular weight is 498 g/mol. The fraction of sp³-hybridized carbons (Fsp3) is 0.375. The molecule has 1 amide bonds. The molecule has 1 N–H and O–H groups in total. The molecular formula is C32H39N3O2. The quantitative estimate of drug-likeness (QED) is 0.361.